The topological polar surface area (TPSA) is 71.9 Å². The lowest BCUT2D eigenvalue weighted by molar-refractivity contribution is 0.0461. The lowest BCUT2D eigenvalue weighted by Gasteiger charge is -2.21. The molecule has 0 spiro atoms. The van der Waals surface area contributed by atoms with Crippen molar-refractivity contribution in [2.45, 2.75) is 52.5 Å². The molecule has 1 saturated heterocycles. The van der Waals surface area contributed by atoms with Gasteiger partial charge in [0.05, 0.1) is 24.4 Å². The number of benzene rings is 1. The van der Waals surface area contributed by atoms with Crippen LogP contribution in [0, 0.1) is 20.8 Å². The summed E-state index contributed by atoms with van der Waals surface area (Å²) < 4.78 is 8.15. The molecule has 1 fully saturated rings. The van der Waals surface area contributed by atoms with E-state index in [0.29, 0.717) is 6.61 Å². The number of aromatic nitrogens is 5. The second-order valence-corrected chi connectivity index (χ2v) is 7.80. The number of rotatable bonds is 6. The van der Waals surface area contributed by atoms with E-state index in [1.54, 1.807) is 0 Å². The molecule has 2 atom stereocenters. The van der Waals surface area contributed by atoms with E-state index >= 15 is 0 Å². The minimum Gasteiger partial charge on any atom is -0.372 e. The van der Waals surface area contributed by atoms with Gasteiger partial charge in [0.15, 0.2) is 5.82 Å². The van der Waals surface area contributed by atoms with Crippen LogP contribution in [0.4, 0.5) is 0 Å². The molecule has 7 heteroatoms. The zero-order chi connectivity index (χ0) is 19.7. The molecule has 1 aliphatic rings. The third kappa shape index (κ3) is 4.15. The Kier molecular flexibility index (Phi) is 5.28. The number of hydrogen-bond acceptors (Lipinski definition) is 5. The fourth-order valence-electron chi connectivity index (χ4n) is 3.97. The monoisotopic (exact) mass is 380 g/mol. The van der Waals surface area contributed by atoms with Crippen molar-refractivity contribution in [3.05, 3.63) is 64.5 Å². The first-order chi connectivity index (χ1) is 13.5. The van der Waals surface area contributed by atoms with Crippen LogP contribution in [0.1, 0.15) is 46.5 Å². The van der Waals surface area contributed by atoms with E-state index in [1.165, 1.54) is 16.7 Å². The average molecular weight is 380 g/mol. The van der Waals surface area contributed by atoms with Crippen LogP contribution in [0.2, 0.25) is 0 Å². The van der Waals surface area contributed by atoms with Gasteiger partial charge in [-0.25, -0.2) is 4.98 Å². The maximum atomic E-state index is 6.28. The Morgan fingerprint density at radius 3 is 2.79 bits per heavy atom. The molecule has 0 aliphatic carbocycles. The number of aryl methyl sites for hydroxylation is 4. The molecule has 3 aromatic rings. The van der Waals surface area contributed by atoms with Crippen molar-refractivity contribution in [2.75, 3.05) is 6.54 Å². The van der Waals surface area contributed by atoms with Gasteiger partial charge in [-0.3, -0.25) is 14.7 Å². The third-order valence-electron chi connectivity index (χ3n) is 5.33. The van der Waals surface area contributed by atoms with Crippen molar-refractivity contribution < 1.29 is 4.74 Å². The molecule has 28 heavy (non-hydrogen) atoms. The molecule has 3 heterocycles. The Bertz CT molecular complexity index is 946. The van der Waals surface area contributed by atoms with Gasteiger partial charge in [-0.2, -0.15) is 10.2 Å². The van der Waals surface area contributed by atoms with Crippen LogP contribution in [0.25, 0.3) is 0 Å². The molecule has 0 saturated carbocycles. The quantitative estimate of drug-likeness (QED) is 0.712. The highest BCUT2D eigenvalue weighted by molar-refractivity contribution is 5.21. The van der Waals surface area contributed by atoms with E-state index in [0.717, 1.165) is 36.9 Å². The number of H-pyrrole nitrogens is 1. The minimum absolute atomic E-state index is 0.145. The van der Waals surface area contributed by atoms with Crippen LogP contribution in [0.3, 0.4) is 0 Å². The van der Waals surface area contributed by atoms with Crippen molar-refractivity contribution >= 4 is 0 Å². The summed E-state index contributed by atoms with van der Waals surface area (Å²) in [7, 11) is 1.96. The molecule has 4 rings (SSSR count). The number of likely N-dealkylation sites (tertiary alicyclic amines) is 1. The standard InChI is InChI=1S/C21H28N6O/c1-14-6-5-7-17(8-14)13-28-19-9-20(21-22-16(3)23-24-21)27(12-19)11-18-10-26(4)25-15(18)2/h5-8,10,19-20H,9,11-13H2,1-4H3,(H,22,23,24). The number of hydrogen-bond donors (Lipinski definition) is 1. The zero-order valence-electron chi connectivity index (χ0n) is 17.0. The minimum atomic E-state index is 0.145. The first kappa shape index (κ1) is 18.8. The summed E-state index contributed by atoms with van der Waals surface area (Å²) in [4.78, 5) is 7.00. The van der Waals surface area contributed by atoms with Gasteiger partial charge in [0.1, 0.15) is 5.82 Å². The third-order valence-corrected chi connectivity index (χ3v) is 5.33. The van der Waals surface area contributed by atoms with Crippen LogP contribution in [0.5, 0.6) is 0 Å². The van der Waals surface area contributed by atoms with Gasteiger partial charge in [-0.05, 0) is 32.8 Å². The highest BCUT2D eigenvalue weighted by Crippen LogP contribution is 2.33. The first-order valence-corrected chi connectivity index (χ1v) is 9.77. The molecule has 1 aromatic carbocycles. The van der Waals surface area contributed by atoms with E-state index in [9.17, 15) is 0 Å². The summed E-state index contributed by atoms with van der Waals surface area (Å²) >= 11 is 0. The Hall–Kier alpha value is -2.51. The Morgan fingerprint density at radius 2 is 2.11 bits per heavy atom. The van der Waals surface area contributed by atoms with Crippen molar-refractivity contribution in [3.63, 3.8) is 0 Å². The van der Waals surface area contributed by atoms with Gasteiger partial charge in [0.25, 0.3) is 0 Å². The maximum Gasteiger partial charge on any atom is 0.167 e. The maximum absolute atomic E-state index is 6.28. The molecular formula is C21H28N6O. The second kappa shape index (κ2) is 7.85. The van der Waals surface area contributed by atoms with E-state index < -0.39 is 0 Å². The van der Waals surface area contributed by atoms with Crippen molar-refractivity contribution in [1.29, 1.82) is 0 Å². The molecule has 148 valence electrons. The summed E-state index contributed by atoms with van der Waals surface area (Å²) in [5.41, 5.74) is 4.78. The van der Waals surface area contributed by atoms with Gasteiger partial charge < -0.3 is 4.74 Å². The summed E-state index contributed by atoms with van der Waals surface area (Å²) in [6, 6.07) is 8.64. The molecule has 1 aliphatic heterocycles. The SMILES string of the molecule is Cc1cccc(COC2CC(c3n[nH]c(C)n3)N(Cc3cn(C)nc3C)C2)c1. The van der Waals surface area contributed by atoms with E-state index in [-0.39, 0.29) is 12.1 Å². The number of ether oxygens (including phenoxy) is 1. The van der Waals surface area contributed by atoms with E-state index in [2.05, 4.69) is 69.5 Å². The van der Waals surface area contributed by atoms with Crippen molar-refractivity contribution in [2.24, 2.45) is 7.05 Å². The highest BCUT2D eigenvalue weighted by Gasteiger charge is 2.36. The lowest BCUT2D eigenvalue weighted by atomic mass is 10.1. The predicted molar refractivity (Wildman–Crippen MR) is 107 cm³/mol. The zero-order valence-corrected chi connectivity index (χ0v) is 17.0. The number of nitrogens with zero attached hydrogens (tertiary/aromatic N) is 5. The van der Waals surface area contributed by atoms with Gasteiger partial charge >= 0.3 is 0 Å². The van der Waals surface area contributed by atoms with Crippen molar-refractivity contribution in [3.8, 4) is 0 Å². The van der Waals surface area contributed by atoms with Crippen LogP contribution >= 0.6 is 0 Å². The summed E-state index contributed by atoms with van der Waals surface area (Å²) in [5.74, 6) is 1.69. The fraction of sp³-hybridized carbons (Fsp3) is 0.476. The molecule has 0 bridgehead atoms. The van der Waals surface area contributed by atoms with Gasteiger partial charge in [-0.15, -0.1) is 0 Å². The largest absolute Gasteiger partial charge is 0.372 e. The van der Waals surface area contributed by atoms with E-state index in [4.69, 9.17) is 4.74 Å². The van der Waals surface area contributed by atoms with Gasteiger partial charge in [-0.1, -0.05) is 29.8 Å². The van der Waals surface area contributed by atoms with Crippen LogP contribution in [-0.2, 0) is 24.9 Å². The Labute approximate surface area is 165 Å². The number of nitrogens with one attached hydrogen (secondary N) is 1. The number of aromatic amines is 1. The van der Waals surface area contributed by atoms with Crippen LogP contribution < -0.4 is 0 Å². The van der Waals surface area contributed by atoms with Gasteiger partial charge in [0, 0.05) is 31.9 Å². The van der Waals surface area contributed by atoms with Crippen LogP contribution in [-0.4, -0.2) is 42.5 Å². The van der Waals surface area contributed by atoms with Gasteiger partial charge in [0.2, 0.25) is 0 Å². The average Bonchev–Trinajstić information content (AvgIpc) is 3.33. The molecule has 7 nitrogen and oxygen atoms in total. The summed E-state index contributed by atoms with van der Waals surface area (Å²) in [6.45, 7) is 8.42. The smallest absolute Gasteiger partial charge is 0.167 e. The molecular weight excluding hydrogens is 352 g/mol. The van der Waals surface area contributed by atoms with E-state index in [1.807, 2.05) is 18.7 Å². The van der Waals surface area contributed by atoms with Crippen molar-refractivity contribution in [1.82, 2.24) is 29.9 Å². The Balaban J connectivity index is 1.48. The first-order valence-electron chi connectivity index (χ1n) is 9.77. The van der Waals surface area contributed by atoms with Crippen LogP contribution in [0.15, 0.2) is 30.5 Å². The normalized spacial score (nSPS) is 20.1. The fourth-order valence-corrected chi connectivity index (χ4v) is 3.97. The molecule has 2 aromatic heterocycles. The predicted octanol–water partition coefficient (Wildman–Crippen LogP) is 3.00. The molecule has 0 amide bonds. The molecule has 0 radical (unpaired) electrons. The Morgan fingerprint density at radius 1 is 1.25 bits per heavy atom. The summed E-state index contributed by atoms with van der Waals surface area (Å²) in [5, 5.41) is 11.9. The second-order valence-electron chi connectivity index (χ2n) is 7.80. The highest BCUT2D eigenvalue weighted by atomic mass is 16.5. The molecule has 2 unspecified atom stereocenters. The molecule has 1 N–H and O–H groups in total. The lowest BCUT2D eigenvalue weighted by Crippen LogP contribution is -2.25. The summed E-state index contributed by atoms with van der Waals surface area (Å²) in [6.07, 6.45) is 3.14.